The minimum absolute atomic E-state index is 0.00894. The van der Waals surface area contributed by atoms with Gasteiger partial charge < -0.3 is 5.41 Å². The Morgan fingerprint density at radius 3 is 2.40 bits per heavy atom. The Balaban J connectivity index is 3.70. The van der Waals surface area contributed by atoms with Gasteiger partial charge in [0.2, 0.25) is 0 Å². The Kier molecular flexibility index (Phi) is 3.67. The Labute approximate surface area is 61.6 Å². The van der Waals surface area contributed by atoms with Crippen molar-refractivity contribution < 1.29 is 0 Å². The van der Waals surface area contributed by atoms with E-state index in [1.54, 1.807) is 13.8 Å². The van der Waals surface area contributed by atoms with Gasteiger partial charge in [-0.1, -0.05) is 0 Å². The Morgan fingerprint density at radius 1 is 1.60 bits per heavy atom. The molecule has 0 aromatic rings. The van der Waals surface area contributed by atoms with E-state index in [1.165, 1.54) is 0 Å². The topological polar surface area (TPSA) is 59.7 Å². The van der Waals surface area contributed by atoms with Gasteiger partial charge in [-0.15, -0.1) is 0 Å². The first-order valence-electron chi connectivity index (χ1n) is 3.28. The van der Waals surface area contributed by atoms with Crippen molar-refractivity contribution in [1.82, 2.24) is 5.32 Å². The third kappa shape index (κ3) is 3.21. The average molecular weight is 139 g/mol. The summed E-state index contributed by atoms with van der Waals surface area (Å²) >= 11 is 0. The van der Waals surface area contributed by atoms with Crippen molar-refractivity contribution in [3.05, 3.63) is 0 Å². The van der Waals surface area contributed by atoms with E-state index in [9.17, 15) is 0 Å². The molecule has 10 heavy (non-hydrogen) atoms. The molecule has 0 saturated carbocycles. The summed E-state index contributed by atoms with van der Waals surface area (Å²) in [6, 6.07) is 1.88. The number of hydrogen-bond acceptors (Lipinski definition) is 3. The fourth-order valence-corrected chi connectivity index (χ4v) is 0.537. The van der Waals surface area contributed by atoms with Crippen LogP contribution >= 0.6 is 0 Å². The van der Waals surface area contributed by atoms with Crippen molar-refractivity contribution in [3.63, 3.8) is 0 Å². The van der Waals surface area contributed by atoms with Crippen molar-refractivity contribution in [3.8, 4) is 6.07 Å². The van der Waals surface area contributed by atoms with Crippen LogP contribution in [0.5, 0.6) is 0 Å². The van der Waals surface area contributed by atoms with Crippen LogP contribution in [0.4, 0.5) is 0 Å². The zero-order valence-electron chi connectivity index (χ0n) is 6.60. The minimum atomic E-state index is -0.171. The Morgan fingerprint density at radius 2 is 2.10 bits per heavy atom. The van der Waals surface area contributed by atoms with Crippen LogP contribution in [0.2, 0.25) is 0 Å². The molecule has 0 bridgehead atoms. The molecule has 0 aliphatic carbocycles. The van der Waals surface area contributed by atoms with Crippen LogP contribution in [-0.2, 0) is 0 Å². The first-order chi connectivity index (χ1) is 4.57. The maximum absolute atomic E-state index is 8.38. The molecular weight excluding hydrogens is 126 g/mol. The molecule has 3 nitrogen and oxygen atoms in total. The van der Waals surface area contributed by atoms with Gasteiger partial charge in [-0.2, -0.15) is 5.26 Å². The van der Waals surface area contributed by atoms with Crippen LogP contribution in [0.15, 0.2) is 0 Å². The molecular formula is C7H13N3. The van der Waals surface area contributed by atoms with Gasteiger partial charge in [0.1, 0.15) is 0 Å². The molecule has 0 amide bonds. The summed E-state index contributed by atoms with van der Waals surface area (Å²) in [6.45, 7) is 5.37. The number of nitrogens with zero attached hydrogens (tertiary/aromatic N) is 1. The second-order valence-corrected chi connectivity index (χ2v) is 2.42. The van der Waals surface area contributed by atoms with E-state index in [1.807, 2.05) is 13.0 Å². The zero-order chi connectivity index (χ0) is 8.15. The zero-order valence-corrected chi connectivity index (χ0v) is 6.60. The SMILES string of the molecule is CC(=N)C(C)NC(C)C#N. The van der Waals surface area contributed by atoms with E-state index in [0.717, 1.165) is 0 Å². The summed E-state index contributed by atoms with van der Waals surface area (Å²) in [5, 5.41) is 18.5. The smallest absolute Gasteiger partial charge is 0.0929 e. The van der Waals surface area contributed by atoms with Crippen LogP contribution < -0.4 is 5.32 Å². The summed E-state index contributed by atoms with van der Waals surface area (Å²) < 4.78 is 0. The maximum atomic E-state index is 8.38. The first-order valence-corrected chi connectivity index (χ1v) is 3.28. The molecule has 0 spiro atoms. The average Bonchev–Trinajstić information content (AvgIpc) is 1.87. The monoisotopic (exact) mass is 139 g/mol. The fourth-order valence-electron chi connectivity index (χ4n) is 0.537. The van der Waals surface area contributed by atoms with Gasteiger partial charge in [0.25, 0.3) is 0 Å². The van der Waals surface area contributed by atoms with E-state index in [4.69, 9.17) is 10.7 Å². The van der Waals surface area contributed by atoms with E-state index in [0.29, 0.717) is 5.71 Å². The van der Waals surface area contributed by atoms with Crippen LogP contribution in [0.3, 0.4) is 0 Å². The number of nitriles is 1. The normalized spacial score (nSPS) is 15.4. The summed E-state index contributed by atoms with van der Waals surface area (Å²) in [4.78, 5) is 0. The second-order valence-electron chi connectivity index (χ2n) is 2.42. The predicted octanol–water partition coefficient (Wildman–Crippen LogP) is 0.916. The highest BCUT2D eigenvalue weighted by Crippen LogP contribution is 1.86. The van der Waals surface area contributed by atoms with Gasteiger partial charge in [0.15, 0.2) is 0 Å². The largest absolute Gasteiger partial charge is 0.308 e. The summed E-state index contributed by atoms with van der Waals surface area (Å²) in [5.41, 5.74) is 0.558. The molecule has 0 aromatic carbocycles. The fraction of sp³-hybridized carbons (Fsp3) is 0.714. The van der Waals surface area contributed by atoms with Crippen LogP contribution in [0, 0.1) is 16.7 Å². The molecule has 0 rings (SSSR count). The van der Waals surface area contributed by atoms with Gasteiger partial charge in [0.05, 0.1) is 12.1 Å². The molecule has 0 aliphatic rings. The van der Waals surface area contributed by atoms with E-state index in [2.05, 4.69) is 5.32 Å². The molecule has 0 aromatic heterocycles. The van der Waals surface area contributed by atoms with Crippen molar-refractivity contribution in [2.45, 2.75) is 32.9 Å². The van der Waals surface area contributed by atoms with Gasteiger partial charge in [-0.3, -0.25) is 5.32 Å². The first kappa shape index (κ1) is 9.12. The van der Waals surface area contributed by atoms with Crippen molar-refractivity contribution in [1.29, 1.82) is 10.7 Å². The highest BCUT2D eigenvalue weighted by Gasteiger charge is 2.06. The Hall–Kier alpha value is -0.880. The van der Waals surface area contributed by atoms with Crippen molar-refractivity contribution >= 4 is 5.71 Å². The highest BCUT2D eigenvalue weighted by molar-refractivity contribution is 5.83. The lowest BCUT2D eigenvalue weighted by molar-refractivity contribution is 0.611. The number of rotatable bonds is 3. The standard InChI is InChI=1S/C7H13N3/c1-5(4-8)10-7(3)6(2)9/h5,7,9-10H,1-3H3. The molecule has 0 radical (unpaired) electrons. The molecule has 2 N–H and O–H groups in total. The third-order valence-electron chi connectivity index (χ3n) is 1.34. The van der Waals surface area contributed by atoms with Crippen LogP contribution in [0.25, 0.3) is 0 Å². The minimum Gasteiger partial charge on any atom is -0.308 e. The maximum Gasteiger partial charge on any atom is 0.0929 e. The Bertz CT molecular complexity index is 157. The predicted molar refractivity (Wildman–Crippen MR) is 41.1 cm³/mol. The molecule has 0 heterocycles. The molecule has 3 heteroatoms. The summed E-state index contributed by atoms with van der Waals surface area (Å²) in [6.07, 6.45) is 0. The lowest BCUT2D eigenvalue weighted by Crippen LogP contribution is -2.37. The highest BCUT2D eigenvalue weighted by atomic mass is 14.9. The quantitative estimate of drug-likeness (QED) is 0.571. The lowest BCUT2D eigenvalue weighted by atomic mass is 10.2. The molecule has 56 valence electrons. The molecule has 2 unspecified atom stereocenters. The summed E-state index contributed by atoms with van der Waals surface area (Å²) in [7, 11) is 0. The molecule has 0 aliphatic heterocycles. The van der Waals surface area contributed by atoms with Gasteiger partial charge in [0, 0.05) is 11.8 Å². The second kappa shape index (κ2) is 4.02. The molecule has 0 saturated heterocycles. The van der Waals surface area contributed by atoms with E-state index in [-0.39, 0.29) is 12.1 Å². The van der Waals surface area contributed by atoms with Gasteiger partial charge in [-0.05, 0) is 20.8 Å². The van der Waals surface area contributed by atoms with Crippen LogP contribution in [0.1, 0.15) is 20.8 Å². The third-order valence-corrected chi connectivity index (χ3v) is 1.34. The van der Waals surface area contributed by atoms with Gasteiger partial charge >= 0.3 is 0 Å². The van der Waals surface area contributed by atoms with Crippen LogP contribution in [-0.4, -0.2) is 17.8 Å². The lowest BCUT2D eigenvalue weighted by Gasteiger charge is -2.12. The number of nitrogens with one attached hydrogen (secondary N) is 2. The van der Waals surface area contributed by atoms with Crippen molar-refractivity contribution in [2.75, 3.05) is 0 Å². The van der Waals surface area contributed by atoms with Crippen molar-refractivity contribution in [2.24, 2.45) is 0 Å². The molecule has 0 fully saturated rings. The van der Waals surface area contributed by atoms with E-state index >= 15 is 0 Å². The summed E-state index contributed by atoms with van der Waals surface area (Å²) in [5.74, 6) is 0. The van der Waals surface area contributed by atoms with Gasteiger partial charge in [-0.25, -0.2) is 0 Å². The van der Waals surface area contributed by atoms with E-state index < -0.39 is 0 Å². The molecule has 2 atom stereocenters. The number of hydrogen-bond donors (Lipinski definition) is 2.